The van der Waals surface area contributed by atoms with E-state index in [0.717, 1.165) is 11.8 Å². The zero-order valence-electron chi connectivity index (χ0n) is 9.63. The Labute approximate surface area is 99.7 Å². The second-order valence-electron chi connectivity index (χ2n) is 3.83. The zero-order chi connectivity index (χ0) is 13.1. The van der Waals surface area contributed by atoms with E-state index in [2.05, 4.69) is 5.32 Å². The molecule has 6 nitrogen and oxygen atoms in total. The van der Waals surface area contributed by atoms with Crippen LogP contribution < -0.4 is 5.32 Å². The number of nitrogens with zero attached hydrogens (tertiary/aromatic N) is 1. The quantitative estimate of drug-likeness (QED) is 0.636. The van der Waals surface area contributed by atoms with E-state index in [4.69, 9.17) is 0 Å². The highest BCUT2D eigenvalue weighted by Gasteiger charge is 2.13. The van der Waals surface area contributed by atoms with E-state index < -0.39 is 14.8 Å². The maximum atomic E-state index is 10.9. The number of nitro benzene ring substituents is 1. The van der Waals surface area contributed by atoms with Crippen molar-refractivity contribution in [3.63, 3.8) is 0 Å². The Hall–Kier alpha value is -1.63. The number of anilines is 1. The van der Waals surface area contributed by atoms with Gasteiger partial charge in [-0.05, 0) is 18.6 Å². The molecule has 0 aliphatic rings. The fourth-order valence-electron chi connectivity index (χ4n) is 1.31. The van der Waals surface area contributed by atoms with Crippen molar-refractivity contribution in [2.45, 2.75) is 6.92 Å². The van der Waals surface area contributed by atoms with Crippen LogP contribution in [0.5, 0.6) is 0 Å². The average molecular weight is 258 g/mol. The minimum Gasteiger partial charge on any atom is -0.378 e. The molecule has 1 aromatic rings. The van der Waals surface area contributed by atoms with Gasteiger partial charge in [-0.2, -0.15) is 0 Å². The van der Waals surface area contributed by atoms with Gasteiger partial charge in [0.05, 0.1) is 10.7 Å². The molecule has 1 aromatic carbocycles. The van der Waals surface area contributed by atoms with Gasteiger partial charge >= 0.3 is 0 Å². The third kappa shape index (κ3) is 4.39. The topological polar surface area (TPSA) is 89.3 Å². The fraction of sp³-hybridized carbons (Fsp3) is 0.400. The smallest absolute Gasteiger partial charge is 0.292 e. The molecule has 0 amide bonds. The third-order valence-corrected chi connectivity index (χ3v) is 3.08. The third-order valence-electron chi connectivity index (χ3n) is 2.14. The molecule has 0 saturated carbocycles. The first kappa shape index (κ1) is 13.4. The highest BCUT2D eigenvalue weighted by Crippen LogP contribution is 2.24. The number of hydrogen-bond acceptors (Lipinski definition) is 5. The van der Waals surface area contributed by atoms with E-state index in [1.165, 1.54) is 6.07 Å². The predicted molar refractivity (Wildman–Crippen MR) is 66.0 cm³/mol. The van der Waals surface area contributed by atoms with E-state index in [-0.39, 0.29) is 18.0 Å². The van der Waals surface area contributed by atoms with Gasteiger partial charge in [-0.1, -0.05) is 6.07 Å². The predicted octanol–water partition coefficient (Wildman–Crippen LogP) is 1.36. The Morgan fingerprint density at radius 2 is 2.06 bits per heavy atom. The van der Waals surface area contributed by atoms with E-state index >= 15 is 0 Å². The molecule has 0 saturated heterocycles. The summed E-state index contributed by atoms with van der Waals surface area (Å²) in [5, 5.41) is 13.5. The molecule has 94 valence electrons. The van der Waals surface area contributed by atoms with Gasteiger partial charge in [0.25, 0.3) is 5.69 Å². The lowest BCUT2D eigenvalue weighted by Gasteiger charge is -2.06. The Bertz CT molecular complexity index is 525. The van der Waals surface area contributed by atoms with Gasteiger partial charge in [-0.3, -0.25) is 10.1 Å². The molecule has 0 radical (unpaired) electrons. The molecule has 1 N–H and O–H groups in total. The Kier molecular flexibility index (Phi) is 4.06. The first-order valence-corrected chi connectivity index (χ1v) is 7.02. The van der Waals surface area contributed by atoms with E-state index in [1.54, 1.807) is 19.1 Å². The van der Waals surface area contributed by atoms with Crippen LogP contribution in [0.4, 0.5) is 11.4 Å². The van der Waals surface area contributed by atoms with Gasteiger partial charge < -0.3 is 5.32 Å². The molecule has 0 aliphatic heterocycles. The van der Waals surface area contributed by atoms with Crippen LogP contribution >= 0.6 is 0 Å². The minimum absolute atomic E-state index is 0.0431. The van der Waals surface area contributed by atoms with Gasteiger partial charge in [-0.25, -0.2) is 8.42 Å². The maximum absolute atomic E-state index is 10.9. The summed E-state index contributed by atoms with van der Waals surface area (Å²) in [4.78, 5) is 10.3. The van der Waals surface area contributed by atoms with Crippen molar-refractivity contribution in [1.82, 2.24) is 0 Å². The summed E-state index contributed by atoms with van der Waals surface area (Å²) < 4.78 is 21.8. The van der Waals surface area contributed by atoms with E-state index in [0.29, 0.717) is 5.69 Å². The van der Waals surface area contributed by atoms with Crippen LogP contribution in [0.15, 0.2) is 18.2 Å². The highest BCUT2D eigenvalue weighted by molar-refractivity contribution is 7.90. The number of nitro groups is 1. The Morgan fingerprint density at radius 1 is 1.41 bits per heavy atom. The number of sulfone groups is 1. The van der Waals surface area contributed by atoms with Crippen molar-refractivity contribution in [3.8, 4) is 0 Å². The monoisotopic (exact) mass is 258 g/mol. The van der Waals surface area contributed by atoms with Crippen molar-refractivity contribution < 1.29 is 13.3 Å². The Morgan fingerprint density at radius 3 is 2.59 bits per heavy atom. The lowest BCUT2D eigenvalue weighted by Crippen LogP contribution is -2.14. The summed E-state index contributed by atoms with van der Waals surface area (Å²) in [6, 6.07) is 4.76. The van der Waals surface area contributed by atoms with Crippen LogP contribution in [-0.2, 0) is 9.84 Å². The largest absolute Gasteiger partial charge is 0.378 e. The first-order chi connectivity index (χ1) is 7.79. The number of nitrogens with one attached hydrogen (secondary N) is 1. The molecule has 0 fully saturated rings. The summed E-state index contributed by atoms with van der Waals surface area (Å²) in [5.41, 5.74) is 1.08. The van der Waals surface area contributed by atoms with Crippen molar-refractivity contribution in [1.29, 1.82) is 0 Å². The molecular formula is C10H14N2O4S. The van der Waals surface area contributed by atoms with Crippen LogP contribution in [0.2, 0.25) is 0 Å². The van der Waals surface area contributed by atoms with Crippen molar-refractivity contribution in [2.24, 2.45) is 0 Å². The number of hydrogen-bond donors (Lipinski definition) is 1. The van der Waals surface area contributed by atoms with Gasteiger partial charge in [-0.15, -0.1) is 0 Å². The molecule has 0 spiro atoms. The summed E-state index contributed by atoms with van der Waals surface area (Å²) in [5.74, 6) is -0.0575. The summed E-state index contributed by atoms with van der Waals surface area (Å²) in [6.07, 6.45) is 1.12. The lowest BCUT2D eigenvalue weighted by molar-refractivity contribution is -0.384. The molecule has 0 heterocycles. The van der Waals surface area contributed by atoms with Crippen molar-refractivity contribution >= 4 is 21.2 Å². The maximum Gasteiger partial charge on any atom is 0.292 e. The number of benzene rings is 1. The number of rotatable bonds is 5. The Balaban J connectivity index is 2.81. The minimum atomic E-state index is -3.07. The summed E-state index contributed by atoms with van der Waals surface area (Å²) >= 11 is 0. The zero-order valence-corrected chi connectivity index (χ0v) is 10.5. The molecule has 0 bridgehead atoms. The molecule has 0 atom stereocenters. The standard InChI is InChI=1S/C10H14N2O4S/c1-8-3-4-9(10(7-8)12(13)14)11-5-6-17(2,15)16/h3-4,7,11H,5-6H2,1-2H3. The molecular weight excluding hydrogens is 244 g/mol. The average Bonchev–Trinajstić information content (AvgIpc) is 2.18. The van der Waals surface area contributed by atoms with E-state index in [1.807, 2.05) is 0 Å². The molecule has 0 aliphatic carbocycles. The van der Waals surface area contributed by atoms with Crippen molar-refractivity contribution in [3.05, 3.63) is 33.9 Å². The molecule has 17 heavy (non-hydrogen) atoms. The molecule has 0 unspecified atom stereocenters. The second-order valence-corrected chi connectivity index (χ2v) is 6.09. The van der Waals surface area contributed by atoms with Crippen molar-refractivity contribution in [2.75, 3.05) is 23.9 Å². The van der Waals surface area contributed by atoms with Gasteiger partial charge in [0.2, 0.25) is 0 Å². The highest BCUT2D eigenvalue weighted by atomic mass is 32.2. The molecule has 1 rings (SSSR count). The van der Waals surface area contributed by atoms with Gasteiger partial charge in [0.1, 0.15) is 15.5 Å². The fourth-order valence-corrected chi connectivity index (χ4v) is 1.79. The second kappa shape index (κ2) is 5.13. The molecule has 0 aromatic heterocycles. The number of aryl methyl sites for hydroxylation is 1. The van der Waals surface area contributed by atoms with Gasteiger partial charge in [0.15, 0.2) is 0 Å². The van der Waals surface area contributed by atoms with Crippen LogP contribution in [-0.4, -0.2) is 31.9 Å². The van der Waals surface area contributed by atoms with Gasteiger partial charge in [0, 0.05) is 18.9 Å². The summed E-state index contributed by atoms with van der Waals surface area (Å²) in [6.45, 7) is 1.91. The van der Waals surface area contributed by atoms with Crippen LogP contribution in [0.1, 0.15) is 5.56 Å². The summed E-state index contributed by atoms with van der Waals surface area (Å²) in [7, 11) is -3.07. The van der Waals surface area contributed by atoms with Crippen LogP contribution in [0.3, 0.4) is 0 Å². The van der Waals surface area contributed by atoms with Crippen LogP contribution in [0.25, 0.3) is 0 Å². The molecule has 7 heteroatoms. The van der Waals surface area contributed by atoms with Crippen LogP contribution in [0, 0.1) is 17.0 Å². The SMILES string of the molecule is Cc1ccc(NCCS(C)(=O)=O)c([N+](=O)[O-])c1. The first-order valence-electron chi connectivity index (χ1n) is 4.96. The normalized spacial score (nSPS) is 11.2. The lowest BCUT2D eigenvalue weighted by atomic mass is 10.2. The van der Waals surface area contributed by atoms with E-state index in [9.17, 15) is 18.5 Å².